The van der Waals surface area contributed by atoms with Crippen LogP contribution in [-0.4, -0.2) is 11.6 Å². The van der Waals surface area contributed by atoms with Gasteiger partial charge in [0.05, 0.1) is 11.6 Å². The van der Waals surface area contributed by atoms with Crippen LogP contribution in [0.1, 0.15) is 39.2 Å². The van der Waals surface area contributed by atoms with Crippen molar-refractivity contribution in [3.63, 3.8) is 0 Å². The van der Waals surface area contributed by atoms with Gasteiger partial charge in [0, 0.05) is 6.42 Å². The zero-order valence-corrected chi connectivity index (χ0v) is 11.6. The number of benzene rings is 1. The fraction of sp³-hybridized carbons (Fsp3) is 0.500. The molecule has 0 fully saturated rings. The minimum absolute atomic E-state index is 0.185. The lowest BCUT2D eigenvalue weighted by Gasteiger charge is -2.19. The molecule has 0 amide bonds. The average Bonchev–Trinajstić information content (AvgIpc) is 2.23. The van der Waals surface area contributed by atoms with Crippen molar-refractivity contribution in [1.82, 2.24) is 0 Å². The lowest BCUT2D eigenvalue weighted by molar-refractivity contribution is 0.313. The molecule has 0 heterocycles. The maximum Gasteiger partial charge on any atom is 0.119 e. The van der Waals surface area contributed by atoms with Crippen LogP contribution in [0.5, 0.6) is 5.75 Å². The molecule has 0 bridgehead atoms. The summed E-state index contributed by atoms with van der Waals surface area (Å²) in [5.74, 6) is 0.904. The molecular weight excluding hydrogens is 230 g/mol. The van der Waals surface area contributed by atoms with Gasteiger partial charge in [-0.15, -0.1) is 0 Å². The van der Waals surface area contributed by atoms with Crippen LogP contribution in [-0.2, 0) is 5.41 Å². The Kier molecular flexibility index (Phi) is 4.94. The highest BCUT2D eigenvalue weighted by Crippen LogP contribution is 2.24. The van der Waals surface area contributed by atoms with Crippen LogP contribution >= 0.6 is 12.2 Å². The second-order valence-corrected chi connectivity index (χ2v) is 5.72. The van der Waals surface area contributed by atoms with Crippen LogP contribution < -0.4 is 10.5 Å². The predicted octanol–water partition coefficient (Wildman–Crippen LogP) is 3.43. The van der Waals surface area contributed by atoms with Crippen LogP contribution in [0, 0.1) is 0 Å². The Morgan fingerprint density at radius 3 is 2.29 bits per heavy atom. The van der Waals surface area contributed by atoms with Crippen molar-refractivity contribution in [3.05, 3.63) is 29.8 Å². The highest BCUT2D eigenvalue weighted by Gasteiger charge is 2.12. The molecule has 0 aliphatic heterocycles. The zero-order valence-electron chi connectivity index (χ0n) is 10.8. The third-order valence-electron chi connectivity index (χ3n) is 2.56. The van der Waals surface area contributed by atoms with Crippen LogP contribution in [0.4, 0.5) is 0 Å². The van der Waals surface area contributed by atoms with Gasteiger partial charge in [-0.05, 0) is 29.5 Å². The van der Waals surface area contributed by atoms with Crippen molar-refractivity contribution in [2.45, 2.75) is 39.0 Å². The molecule has 0 aliphatic rings. The summed E-state index contributed by atoms with van der Waals surface area (Å²) < 4.78 is 5.61. The maximum absolute atomic E-state index is 5.61. The van der Waals surface area contributed by atoms with E-state index in [9.17, 15) is 0 Å². The Morgan fingerprint density at radius 2 is 1.82 bits per heavy atom. The Balaban J connectivity index is 2.43. The molecule has 2 nitrogen and oxygen atoms in total. The molecular formula is C14H21NOS. The summed E-state index contributed by atoms with van der Waals surface area (Å²) in [5, 5.41) is 0. The summed E-state index contributed by atoms with van der Waals surface area (Å²) in [6, 6.07) is 8.26. The summed E-state index contributed by atoms with van der Waals surface area (Å²) in [5.41, 5.74) is 6.91. The van der Waals surface area contributed by atoms with Crippen LogP contribution in [0.3, 0.4) is 0 Å². The number of hydrogen-bond acceptors (Lipinski definition) is 2. The summed E-state index contributed by atoms with van der Waals surface area (Å²) >= 11 is 4.81. The van der Waals surface area contributed by atoms with Gasteiger partial charge in [-0.3, -0.25) is 0 Å². The van der Waals surface area contributed by atoms with Crippen molar-refractivity contribution in [2.75, 3.05) is 6.61 Å². The standard InChI is InChI=1S/C14H21NOS/c1-14(2,3)11-6-8-12(9-7-11)16-10-4-5-13(15)17/h6-9H,4-5,10H2,1-3H3,(H2,15,17). The first-order chi connectivity index (χ1) is 7.89. The second-order valence-electron chi connectivity index (χ2n) is 5.19. The van der Waals surface area contributed by atoms with Gasteiger partial charge < -0.3 is 10.5 Å². The monoisotopic (exact) mass is 251 g/mol. The van der Waals surface area contributed by atoms with E-state index in [2.05, 4.69) is 32.9 Å². The molecule has 0 aliphatic carbocycles. The molecule has 3 heteroatoms. The first-order valence-corrected chi connectivity index (χ1v) is 6.32. The van der Waals surface area contributed by atoms with Crippen molar-refractivity contribution in [3.8, 4) is 5.75 Å². The Labute approximate surface area is 109 Å². The third kappa shape index (κ3) is 5.18. The van der Waals surface area contributed by atoms with E-state index in [0.717, 1.165) is 18.6 Å². The Bertz CT molecular complexity index is 365. The summed E-state index contributed by atoms with van der Waals surface area (Å²) in [6.45, 7) is 7.26. The summed E-state index contributed by atoms with van der Waals surface area (Å²) in [6.07, 6.45) is 1.62. The van der Waals surface area contributed by atoms with Gasteiger partial charge in [0.2, 0.25) is 0 Å². The molecule has 17 heavy (non-hydrogen) atoms. The Hall–Kier alpha value is -1.09. The van der Waals surface area contributed by atoms with Gasteiger partial charge in [-0.25, -0.2) is 0 Å². The van der Waals surface area contributed by atoms with E-state index < -0.39 is 0 Å². The topological polar surface area (TPSA) is 35.2 Å². The summed E-state index contributed by atoms with van der Waals surface area (Å²) in [7, 11) is 0. The highest BCUT2D eigenvalue weighted by molar-refractivity contribution is 7.80. The second kappa shape index (κ2) is 6.01. The van der Waals surface area contributed by atoms with Gasteiger partial charge in [0.15, 0.2) is 0 Å². The van der Waals surface area contributed by atoms with Gasteiger partial charge in [0.1, 0.15) is 5.75 Å². The lowest BCUT2D eigenvalue weighted by atomic mass is 9.87. The fourth-order valence-corrected chi connectivity index (χ4v) is 1.63. The zero-order chi connectivity index (χ0) is 12.9. The van der Waals surface area contributed by atoms with Gasteiger partial charge >= 0.3 is 0 Å². The lowest BCUT2D eigenvalue weighted by Crippen LogP contribution is -2.11. The van der Waals surface area contributed by atoms with Crippen LogP contribution in [0.15, 0.2) is 24.3 Å². The van der Waals surface area contributed by atoms with Crippen molar-refractivity contribution in [1.29, 1.82) is 0 Å². The third-order valence-corrected chi connectivity index (χ3v) is 2.76. The van der Waals surface area contributed by atoms with E-state index in [1.165, 1.54) is 5.56 Å². The number of nitrogens with two attached hydrogens (primary N) is 1. The maximum atomic E-state index is 5.61. The molecule has 0 aromatic heterocycles. The first kappa shape index (κ1) is 14.0. The molecule has 0 radical (unpaired) electrons. The minimum atomic E-state index is 0.185. The minimum Gasteiger partial charge on any atom is -0.494 e. The van der Waals surface area contributed by atoms with Gasteiger partial charge in [0.25, 0.3) is 0 Å². The number of hydrogen-bond donors (Lipinski definition) is 1. The van der Waals surface area contributed by atoms with Crippen molar-refractivity contribution >= 4 is 17.2 Å². The first-order valence-electron chi connectivity index (χ1n) is 5.91. The average molecular weight is 251 g/mol. The van der Waals surface area contributed by atoms with E-state index >= 15 is 0 Å². The van der Waals surface area contributed by atoms with E-state index in [1.54, 1.807) is 0 Å². The molecule has 94 valence electrons. The number of thiocarbonyl (C=S) groups is 1. The molecule has 1 aromatic carbocycles. The van der Waals surface area contributed by atoms with Gasteiger partial charge in [-0.2, -0.15) is 0 Å². The van der Waals surface area contributed by atoms with Crippen LogP contribution in [0.25, 0.3) is 0 Å². The number of rotatable bonds is 5. The molecule has 0 atom stereocenters. The SMILES string of the molecule is CC(C)(C)c1ccc(OCCCC(N)=S)cc1. The Morgan fingerprint density at radius 1 is 1.24 bits per heavy atom. The van der Waals surface area contributed by atoms with Gasteiger partial charge in [-0.1, -0.05) is 45.1 Å². The summed E-state index contributed by atoms with van der Waals surface area (Å²) in [4.78, 5) is 0.552. The quantitative estimate of drug-likeness (QED) is 0.643. The highest BCUT2D eigenvalue weighted by atomic mass is 32.1. The normalized spacial score (nSPS) is 11.2. The van der Waals surface area contributed by atoms with Crippen molar-refractivity contribution in [2.24, 2.45) is 5.73 Å². The molecule has 1 aromatic rings. The molecule has 0 saturated heterocycles. The fourth-order valence-electron chi connectivity index (χ4n) is 1.49. The predicted molar refractivity (Wildman–Crippen MR) is 76.7 cm³/mol. The van der Waals surface area contributed by atoms with E-state index in [0.29, 0.717) is 11.6 Å². The van der Waals surface area contributed by atoms with E-state index in [1.807, 2.05) is 12.1 Å². The van der Waals surface area contributed by atoms with Crippen molar-refractivity contribution < 1.29 is 4.74 Å². The number of ether oxygens (including phenoxy) is 1. The largest absolute Gasteiger partial charge is 0.494 e. The molecule has 0 spiro atoms. The molecule has 1 rings (SSSR count). The smallest absolute Gasteiger partial charge is 0.119 e. The molecule has 2 N–H and O–H groups in total. The van der Waals surface area contributed by atoms with E-state index in [4.69, 9.17) is 22.7 Å². The molecule has 0 saturated carbocycles. The molecule has 0 unspecified atom stereocenters. The van der Waals surface area contributed by atoms with Crippen LogP contribution in [0.2, 0.25) is 0 Å². The van der Waals surface area contributed by atoms with E-state index in [-0.39, 0.29) is 5.41 Å².